The molecule has 1 aromatic carbocycles. The number of carboxylic acids is 1. The van der Waals surface area contributed by atoms with Crippen LogP contribution in [0.25, 0.3) is 0 Å². The third kappa shape index (κ3) is 5.10. The minimum absolute atomic E-state index is 0.0145. The Morgan fingerprint density at radius 3 is 2.42 bits per heavy atom. The molecule has 0 bridgehead atoms. The van der Waals surface area contributed by atoms with Crippen molar-refractivity contribution in [3.05, 3.63) is 59.2 Å². The quantitative estimate of drug-likeness (QED) is 0.693. The highest BCUT2D eigenvalue weighted by atomic mass is 16.4. The van der Waals surface area contributed by atoms with Crippen LogP contribution in [-0.4, -0.2) is 38.9 Å². The van der Waals surface area contributed by atoms with Crippen LogP contribution in [0.4, 0.5) is 0 Å². The summed E-state index contributed by atoms with van der Waals surface area (Å²) >= 11 is 0. The van der Waals surface area contributed by atoms with Gasteiger partial charge >= 0.3 is 5.97 Å². The van der Waals surface area contributed by atoms with E-state index in [2.05, 4.69) is 20.6 Å². The van der Waals surface area contributed by atoms with E-state index in [0.717, 1.165) is 24.4 Å². The molecule has 0 aliphatic rings. The number of rotatable bonds is 7. The van der Waals surface area contributed by atoms with Gasteiger partial charge in [-0.05, 0) is 31.0 Å². The molecule has 2 amide bonds. The number of nitrogens with one attached hydrogen (secondary N) is 2. The zero-order chi connectivity index (χ0) is 19.1. The smallest absolute Gasteiger partial charge is 0.356 e. The first kappa shape index (κ1) is 19.0. The van der Waals surface area contributed by atoms with E-state index in [4.69, 9.17) is 5.11 Å². The predicted molar refractivity (Wildman–Crippen MR) is 93.8 cm³/mol. The van der Waals surface area contributed by atoms with Gasteiger partial charge in [-0.15, -0.1) is 0 Å². The van der Waals surface area contributed by atoms with Crippen molar-refractivity contribution in [2.45, 2.75) is 32.9 Å². The highest BCUT2D eigenvalue weighted by molar-refractivity contribution is 5.95. The Morgan fingerprint density at radius 1 is 1.12 bits per heavy atom. The largest absolute Gasteiger partial charge is 0.476 e. The molecule has 1 atom stereocenters. The van der Waals surface area contributed by atoms with Gasteiger partial charge in [-0.2, -0.15) is 0 Å². The molecular weight excluding hydrogens is 336 g/mol. The van der Waals surface area contributed by atoms with Crippen LogP contribution in [0.1, 0.15) is 57.2 Å². The second-order valence-electron chi connectivity index (χ2n) is 5.76. The molecule has 8 nitrogen and oxygen atoms in total. The summed E-state index contributed by atoms with van der Waals surface area (Å²) in [7, 11) is 0. The van der Waals surface area contributed by atoms with Crippen LogP contribution < -0.4 is 10.6 Å². The number of benzene rings is 1. The number of hydrogen-bond acceptors (Lipinski definition) is 5. The zero-order valence-corrected chi connectivity index (χ0v) is 14.5. The van der Waals surface area contributed by atoms with Crippen LogP contribution in [0.15, 0.2) is 36.7 Å². The molecule has 8 heteroatoms. The van der Waals surface area contributed by atoms with Crippen molar-refractivity contribution < 1.29 is 19.5 Å². The maximum absolute atomic E-state index is 12.1. The van der Waals surface area contributed by atoms with Crippen molar-refractivity contribution in [1.82, 2.24) is 20.6 Å². The van der Waals surface area contributed by atoms with Gasteiger partial charge in [0.25, 0.3) is 11.8 Å². The van der Waals surface area contributed by atoms with Crippen molar-refractivity contribution >= 4 is 17.8 Å². The van der Waals surface area contributed by atoms with Crippen molar-refractivity contribution in [3.63, 3.8) is 0 Å². The van der Waals surface area contributed by atoms with E-state index in [1.165, 1.54) is 0 Å². The van der Waals surface area contributed by atoms with Crippen molar-refractivity contribution in [1.29, 1.82) is 0 Å². The molecule has 0 saturated heterocycles. The lowest BCUT2D eigenvalue weighted by Crippen LogP contribution is -2.32. The Kier molecular flexibility index (Phi) is 6.37. The molecule has 1 aromatic heterocycles. The maximum Gasteiger partial charge on any atom is 0.356 e. The Labute approximate surface area is 150 Å². The first-order valence-electron chi connectivity index (χ1n) is 8.14. The molecule has 0 spiro atoms. The van der Waals surface area contributed by atoms with Crippen LogP contribution in [-0.2, 0) is 6.54 Å². The summed E-state index contributed by atoms with van der Waals surface area (Å²) in [5.41, 5.74) is 1.05. The molecule has 0 fully saturated rings. The van der Waals surface area contributed by atoms with Gasteiger partial charge in [-0.3, -0.25) is 9.59 Å². The number of carbonyl (C=O) groups is 3. The average Bonchev–Trinajstić information content (AvgIpc) is 2.66. The van der Waals surface area contributed by atoms with E-state index in [0.29, 0.717) is 5.56 Å². The lowest BCUT2D eigenvalue weighted by Gasteiger charge is -2.12. The van der Waals surface area contributed by atoms with E-state index in [9.17, 15) is 14.4 Å². The predicted octanol–water partition coefficient (Wildman–Crippen LogP) is 1.63. The molecule has 0 saturated carbocycles. The monoisotopic (exact) mass is 356 g/mol. The molecule has 1 heterocycles. The fraction of sp³-hybridized carbons (Fsp3) is 0.278. The number of carboxylic acid groups (broad SMARTS) is 1. The summed E-state index contributed by atoms with van der Waals surface area (Å²) in [4.78, 5) is 42.4. The van der Waals surface area contributed by atoms with Gasteiger partial charge in [0.05, 0.1) is 12.4 Å². The number of nitrogens with zero attached hydrogens (tertiary/aromatic N) is 2. The van der Waals surface area contributed by atoms with E-state index in [1.807, 2.05) is 13.8 Å². The molecular formula is C18H20N4O4. The first-order chi connectivity index (χ1) is 12.4. The Balaban J connectivity index is 1.98. The van der Waals surface area contributed by atoms with Gasteiger partial charge < -0.3 is 15.7 Å². The number of amides is 2. The Hall–Kier alpha value is -3.29. The fourth-order valence-corrected chi connectivity index (χ4v) is 2.06. The molecule has 26 heavy (non-hydrogen) atoms. The molecule has 0 aliphatic heterocycles. The van der Waals surface area contributed by atoms with E-state index in [1.54, 1.807) is 24.3 Å². The van der Waals surface area contributed by atoms with Crippen LogP contribution in [0.5, 0.6) is 0 Å². The van der Waals surface area contributed by atoms with Gasteiger partial charge in [-0.25, -0.2) is 14.8 Å². The topological polar surface area (TPSA) is 121 Å². The Bertz CT molecular complexity index is 805. The van der Waals surface area contributed by atoms with E-state index in [-0.39, 0.29) is 29.9 Å². The summed E-state index contributed by atoms with van der Waals surface area (Å²) in [6.07, 6.45) is 2.97. The van der Waals surface area contributed by atoms with Gasteiger partial charge in [0.2, 0.25) is 0 Å². The molecule has 3 N–H and O–H groups in total. The minimum atomic E-state index is -1.21. The molecule has 1 unspecified atom stereocenters. The lowest BCUT2D eigenvalue weighted by molar-refractivity contribution is 0.0688. The van der Waals surface area contributed by atoms with Gasteiger partial charge in [0.15, 0.2) is 5.69 Å². The fourth-order valence-electron chi connectivity index (χ4n) is 2.06. The lowest BCUT2D eigenvalue weighted by atomic mass is 10.1. The van der Waals surface area contributed by atoms with Crippen molar-refractivity contribution in [3.8, 4) is 0 Å². The van der Waals surface area contributed by atoms with Crippen LogP contribution in [0.2, 0.25) is 0 Å². The second-order valence-corrected chi connectivity index (χ2v) is 5.76. The summed E-state index contributed by atoms with van der Waals surface area (Å²) < 4.78 is 0. The highest BCUT2D eigenvalue weighted by Gasteiger charge is 2.12. The average molecular weight is 356 g/mol. The van der Waals surface area contributed by atoms with Gasteiger partial charge in [-0.1, -0.05) is 19.1 Å². The standard InChI is InChI=1S/C18H20N4O4/c1-3-11(2)22-16(23)13-6-4-5-12(7-13)8-21-17(24)14-9-20-15(10-19-14)18(25)26/h4-7,9-11H,3,8H2,1-2H3,(H,21,24)(H,22,23)(H,25,26). The number of aromatic carboxylic acids is 1. The summed E-state index contributed by atoms with van der Waals surface area (Å²) in [5, 5.41) is 14.3. The number of carbonyl (C=O) groups excluding carboxylic acids is 2. The van der Waals surface area contributed by atoms with Crippen molar-refractivity contribution in [2.24, 2.45) is 0 Å². The molecule has 2 aromatic rings. The molecule has 0 radical (unpaired) electrons. The van der Waals surface area contributed by atoms with Crippen LogP contribution in [0, 0.1) is 0 Å². The molecule has 0 aliphatic carbocycles. The summed E-state index contributed by atoms with van der Waals surface area (Å²) in [6.45, 7) is 4.12. The van der Waals surface area contributed by atoms with Gasteiger partial charge in [0, 0.05) is 18.2 Å². The number of hydrogen-bond donors (Lipinski definition) is 3. The first-order valence-corrected chi connectivity index (χ1v) is 8.14. The normalized spacial score (nSPS) is 11.5. The summed E-state index contributed by atoms with van der Waals surface area (Å²) in [6, 6.07) is 7.03. The SMILES string of the molecule is CCC(C)NC(=O)c1cccc(CNC(=O)c2cnc(C(=O)O)cn2)c1. The van der Waals surface area contributed by atoms with E-state index < -0.39 is 11.9 Å². The van der Waals surface area contributed by atoms with Crippen molar-refractivity contribution in [2.75, 3.05) is 0 Å². The van der Waals surface area contributed by atoms with Gasteiger partial charge in [0.1, 0.15) is 5.69 Å². The molecule has 2 rings (SSSR count). The third-order valence-corrected chi connectivity index (χ3v) is 3.74. The highest BCUT2D eigenvalue weighted by Crippen LogP contribution is 2.07. The van der Waals surface area contributed by atoms with Crippen LogP contribution >= 0.6 is 0 Å². The number of aromatic nitrogens is 2. The molecule has 136 valence electrons. The second kappa shape index (κ2) is 8.70. The Morgan fingerprint density at radius 2 is 1.81 bits per heavy atom. The minimum Gasteiger partial charge on any atom is -0.476 e. The summed E-state index contributed by atoms with van der Waals surface area (Å²) in [5.74, 6) is -1.86. The third-order valence-electron chi connectivity index (χ3n) is 3.74. The van der Waals surface area contributed by atoms with Crippen LogP contribution in [0.3, 0.4) is 0 Å². The zero-order valence-electron chi connectivity index (χ0n) is 14.5. The maximum atomic E-state index is 12.1. The van der Waals surface area contributed by atoms with E-state index >= 15 is 0 Å².